The zero-order valence-electron chi connectivity index (χ0n) is 16.0. The number of carbonyl (C=O) groups is 1. The summed E-state index contributed by atoms with van der Waals surface area (Å²) in [5.74, 6) is -0.904. The number of carbonyl (C=O) groups excluding carboxylic acids is 1. The molecule has 0 bridgehead atoms. The molecule has 0 aromatic rings. The predicted octanol–water partition coefficient (Wildman–Crippen LogP) is 3.29. The lowest BCUT2D eigenvalue weighted by molar-refractivity contribution is -0.132. The maximum absolute atomic E-state index is 13.1. The van der Waals surface area contributed by atoms with Gasteiger partial charge in [0.2, 0.25) is 11.8 Å². The van der Waals surface area contributed by atoms with E-state index in [1.54, 1.807) is 13.8 Å². The Kier molecular flexibility index (Phi) is 7.44. The van der Waals surface area contributed by atoms with Crippen molar-refractivity contribution in [1.82, 2.24) is 10.2 Å². The molecule has 0 spiro atoms. The first-order valence-corrected chi connectivity index (χ1v) is 8.47. The number of nitrogens with zero attached hydrogens (tertiary/aromatic N) is 2. The molecule has 0 radical (unpaired) electrons. The van der Waals surface area contributed by atoms with Crippen LogP contribution in [0.4, 0.5) is 13.2 Å². The number of hydrogen-bond donors (Lipinski definition) is 1. The van der Waals surface area contributed by atoms with Crippen molar-refractivity contribution in [3.8, 4) is 0 Å². The second kappa shape index (κ2) is 8.70. The van der Waals surface area contributed by atoms with Gasteiger partial charge in [-0.15, -0.1) is 0 Å². The van der Waals surface area contributed by atoms with E-state index in [9.17, 15) is 18.0 Å². The van der Waals surface area contributed by atoms with Gasteiger partial charge in [0.05, 0.1) is 5.41 Å². The lowest BCUT2D eigenvalue weighted by Crippen LogP contribution is -2.45. The van der Waals surface area contributed by atoms with E-state index >= 15 is 0 Å². The van der Waals surface area contributed by atoms with Gasteiger partial charge in [0.1, 0.15) is 12.2 Å². The Morgan fingerprint density at radius 3 is 2.46 bits per heavy atom. The van der Waals surface area contributed by atoms with Crippen molar-refractivity contribution in [1.29, 1.82) is 0 Å². The number of hydrogen-bond acceptors (Lipinski definition) is 4. The Bertz CT molecular complexity index is 573. The van der Waals surface area contributed by atoms with Gasteiger partial charge in [0, 0.05) is 18.6 Å². The summed E-state index contributed by atoms with van der Waals surface area (Å²) in [6.07, 6.45) is -1.68. The molecule has 0 saturated carbocycles. The van der Waals surface area contributed by atoms with E-state index < -0.39 is 23.0 Å². The number of ether oxygens (including phenoxy) is 1. The number of rotatable bonds is 7. The fourth-order valence-electron chi connectivity index (χ4n) is 2.66. The molecule has 0 unspecified atom stereocenters. The van der Waals surface area contributed by atoms with Gasteiger partial charge in [-0.1, -0.05) is 6.08 Å². The van der Waals surface area contributed by atoms with E-state index in [0.717, 1.165) is 19.0 Å². The van der Waals surface area contributed by atoms with Crippen LogP contribution in [0.3, 0.4) is 0 Å². The minimum Gasteiger partial charge on any atom is -0.476 e. The number of amides is 1. The van der Waals surface area contributed by atoms with Gasteiger partial charge in [-0.2, -0.15) is 13.2 Å². The number of halogens is 3. The van der Waals surface area contributed by atoms with E-state index in [1.807, 2.05) is 7.05 Å². The maximum Gasteiger partial charge on any atom is 0.421 e. The van der Waals surface area contributed by atoms with Gasteiger partial charge >= 0.3 is 6.18 Å². The van der Waals surface area contributed by atoms with Gasteiger partial charge in [-0.25, -0.2) is 4.99 Å². The van der Waals surface area contributed by atoms with Gasteiger partial charge < -0.3 is 15.0 Å². The Hall–Kier alpha value is -1.83. The molecule has 1 N–H and O–H groups in total. The van der Waals surface area contributed by atoms with Gasteiger partial charge in [-0.05, 0) is 54.0 Å². The molecule has 2 atom stereocenters. The SMILES string of the molecule is C=N/C(OCC(C)(C)C(=O)N[C@H]1C[C@H](C)N(C)C1)=C(\C=C/C)C(F)(F)F. The summed E-state index contributed by atoms with van der Waals surface area (Å²) in [4.78, 5) is 18.0. The zero-order chi connectivity index (χ0) is 20.1. The summed E-state index contributed by atoms with van der Waals surface area (Å²) in [5, 5.41) is 2.95. The summed E-state index contributed by atoms with van der Waals surface area (Å²) >= 11 is 0. The summed E-state index contributed by atoms with van der Waals surface area (Å²) in [5.41, 5.74) is -2.05. The third kappa shape index (κ3) is 5.86. The molecule has 0 aliphatic carbocycles. The number of aliphatic imine (C=N–C) groups is 1. The Labute approximate surface area is 153 Å². The van der Waals surface area contributed by atoms with Crippen LogP contribution in [0.1, 0.15) is 34.1 Å². The van der Waals surface area contributed by atoms with Crippen molar-refractivity contribution >= 4 is 12.6 Å². The minimum absolute atomic E-state index is 0.0167. The molecule has 1 saturated heterocycles. The average Bonchev–Trinajstić information content (AvgIpc) is 2.83. The Morgan fingerprint density at radius 1 is 1.42 bits per heavy atom. The number of alkyl halides is 3. The maximum atomic E-state index is 13.1. The molecule has 1 rings (SSSR count). The third-order valence-corrected chi connectivity index (χ3v) is 4.42. The average molecular weight is 375 g/mol. The lowest BCUT2D eigenvalue weighted by atomic mass is 9.93. The first kappa shape index (κ1) is 22.2. The van der Waals surface area contributed by atoms with Crippen LogP contribution >= 0.6 is 0 Å². The Morgan fingerprint density at radius 2 is 2.04 bits per heavy atom. The van der Waals surface area contributed by atoms with Crippen molar-refractivity contribution < 1.29 is 22.7 Å². The topological polar surface area (TPSA) is 53.9 Å². The molecule has 1 fully saturated rings. The highest BCUT2D eigenvalue weighted by molar-refractivity contribution is 5.82. The van der Waals surface area contributed by atoms with Crippen molar-refractivity contribution in [2.24, 2.45) is 10.4 Å². The van der Waals surface area contributed by atoms with Crippen LogP contribution in [0, 0.1) is 5.41 Å². The lowest BCUT2D eigenvalue weighted by Gasteiger charge is -2.26. The highest BCUT2D eigenvalue weighted by Crippen LogP contribution is 2.31. The minimum atomic E-state index is -4.62. The summed E-state index contributed by atoms with van der Waals surface area (Å²) in [6.45, 7) is 10.4. The zero-order valence-corrected chi connectivity index (χ0v) is 16.0. The summed E-state index contributed by atoms with van der Waals surface area (Å²) < 4.78 is 44.6. The standard InChI is InChI=1S/C18H28F3N3O2/c1-7-8-14(18(19,20)21)15(22-5)26-11-17(3,4)16(25)23-13-9-12(2)24(6)10-13/h7-8,12-13H,5,9-11H2,1-4,6H3,(H,23,25)/b8-7-,15-14-/t12-,13-/m0/s1. The molecule has 148 valence electrons. The van der Waals surface area contributed by atoms with E-state index in [4.69, 9.17) is 4.74 Å². The van der Waals surface area contributed by atoms with Gasteiger partial charge in [-0.3, -0.25) is 4.79 Å². The largest absolute Gasteiger partial charge is 0.476 e. The fraction of sp³-hybridized carbons (Fsp3) is 0.667. The van der Waals surface area contributed by atoms with Crippen molar-refractivity contribution in [3.63, 3.8) is 0 Å². The van der Waals surface area contributed by atoms with Crippen LogP contribution in [0.25, 0.3) is 0 Å². The fourth-order valence-corrected chi connectivity index (χ4v) is 2.66. The second-order valence-electron chi connectivity index (χ2n) is 7.24. The van der Waals surface area contributed by atoms with Gasteiger partial charge in [0.15, 0.2) is 0 Å². The monoisotopic (exact) mass is 375 g/mol. The van der Waals surface area contributed by atoms with Crippen LogP contribution in [-0.4, -0.2) is 56.0 Å². The number of nitrogens with one attached hydrogen (secondary N) is 1. The number of allylic oxidation sites excluding steroid dienone is 3. The summed E-state index contributed by atoms with van der Waals surface area (Å²) in [7, 11) is 1.98. The molecule has 1 aliphatic heterocycles. The van der Waals surface area contributed by atoms with Crippen LogP contribution in [0.2, 0.25) is 0 Å². The highest BCUT2D eigenvalue weighted by atomic mass is 19.4. The molecule has 0 aromatic carbocycles. The number of likely N-dealkylation sites (tertiary alicyclic amines) is 1. The van der Waals surface area contributed by atoms with Crippen molar-refractivity contribution in [3.05, 3.63) is 23.6 Å². The molecule has 1 amide bonds. The first-order valence-electron chi connectivity index (χ1n) is 8.47. The molecule has 1 heterocycles. The quantitative estimate of drug-likeness (QED) is 0.422. The van der Waals surface area contributed by atoms with Crippen LogP contribution in [0.15, 0.2) is 28.6 Å². The molecular weight excluding hydrogens is 347 g/mol. The van der Waals surface area contributed by atoms with Gasteiger partial charge in [0.25, 0.3) is 0 Å². The summed E-state index contributed by atoms with van der Waals surface area (Å²) in [6, 6.07) is 0.386. The second-order valence-corrected chi connectivity index (χ2v) is 7.24. The molecule has 5 nitrogen and oxygen atoms in total. The van der Waals surface area contributed by atoms with E-state index in [0.29, 0.717) is 6.04 Å². The first-order chi connectivity index (χ1) is 11.9. The normalized spacial score (nSPS) is 23.1. The smallest absolute Gasteiger partial charge is 0.421 e. The molecular formula is C18H28F3N3O2. The van der Waals surface area contributed by atoms with Crippen LogP contribution < -0.4 is 5.32 Å². The molecule has 0 aromatic heterocycles. The van der Waals surface area contributed by atoms with Crippen LogP contribution in [-0.2, 0) is 9.53 Å². The molecule has 26 heavy (non-hydrogen) atoms. The predicted molar refractivity (Wildman–Crippen MR) is 95.8 cm³/mol. The van der Waals surface area contributed by atoms with Crippen molar-refractivity contribution in [2.75, 3.05) is 20.2 Å². The Balaban J connectivity index is 2.81. The van der Waals surface area contributed by atoms with E-state index in [1.165, 1.54) is 13.0 Å². The third-order valence-electron chi connectivity index (χ3n) is 4.42. The van der Waals surface area contributed by atoms with E-state index in [-0.39, 0.29) is 18.6 Å². The van der Waals surface area contributed by atoms with E-state index in [2.05, 4.69) is 28.9 Å². The van der Waals surface area contributed by atoms with Crippen LogP contribution in [0.5, 0.6) is 0 Å². The molecule has 8 heteroatoms. The van der Waals surface area contributed by atoms with Crippen molar-refractivity contribution in [2.45, 2.75) is 52.4 Å². The highest BCUT2D eigenvalue weighted by Gasteiger charge is 2.38. The molecule has 1 aliphatic rings. The number of likely N-dealkylation sites (N-methyl/N-ethyl adjacent to an activating group) is 1.